The first-order valence-electron chi connectivity index (χ1n) is 2.95. The molecule has 0 unspecified atom stereocenters. The standard InChI is InChI=1S/C8H5NO2.Na/c9-5-6-2-1-3-7(4-6)8(10)11;/h1-4H,(H,10,11);/q;+1/p-1. The molecule has 0 saturated carbocycles. The Morgan fingerprint density at radius 3 is 2.67 bits per heavy atom. The van der Waals surface area contributed by atoms with Crippen LogP contribution in [0.2, 0.25) is 0 Å². The molecule has 0 bridgehead atoms. The summed E-state index contributed by atoms with van der Waals surface area (Å²) in [5, 5.41) is 18.6. The number of hydrogen-bond donors (Lipinski definition) is 0. The van der Waals surface area contributed by atoms with E-state index in [1.165, 1.54) is 24.3 Å². The molecule has 0 saturated heterocycles. The molecule has 0 N–H and O–H groups in total. The zero-order chi connectivity index (χ0) is 8.27. The Hall–Kier alpha value is -0.820. The van der Waals surface area contributed by atoms with Crippen molar-refractivity contribution >= 4 is 5.97 Å². The van der Waals surface area contributed by atoms with Crippen LogP contribution in [0, 0.1) is 11.3 Å². The average Bonchev–Trinajstić information content (AvgIpc) is 2.05. The predicted molar refractivity (Wildman–Crippen MR) is 35.5 cm³/mol. The van der Waals surface area contributed by atoms with E-state index >= 15 is 0 Å². The summed E-state index contributed by atoms with van der Waals surface area (Å²) in [7, 11) is 0. The van der Waals surface area contributed by atoms with E-state index in [0.717, 1.165) is 0 Å². The normalized spacial score (nSPS) is 7.92. The van der Waals surface area contributed by atoms with Gasteiger partial charge in [0.05, 0.1) is 17.6 Å². The number of rotatable bonds is 1. The van der Waals surface area contributed by atoms with Gasteiger partial charge in [-0.15, -0.1) is 0 Å². The molecule has 1 aromatic rings. The summed E-state index contributed by atoms with van der Waals surface area (Å²) < 4.78 is 0. The van der Waals surface area contributed by atoms with Crippen LogP contribution in [0.15, 0.2) is 24.3 Å². The van der Waals surface area contributed by atoms with Gasteiger partial charge in [-0.25, -0.2) is 0 Å². The summed E-state index contributed by atoms with van der Waals surface area (Å²) in [6, 6.07) is 7.53. The van der Waals surface area contributed by atoms with Crippen LogP contribution in [0.4, 0.5) is 0 Å². The Morgan fingerprint density at radius 2 is 2.17 bits per heavy atom. The van der Waals surface area contributed by atoms with Gasteiger partial charge in [0.2, 0.25) is 0 Å². The summed E-state index contributed by atoms with van der Waals surface area (Å²) >= 11 is 0. The van der Waals surface area contributed by atoms with Crippen LogP contribution in [-0.4, -0.2) is 5.97 Å². The first-order valence-corrected chi connectivity index (χ1v) is 2.95. The average molecular weight is 169 g/mol. The van der Waals surface area contributed by atoms with Gasteiger partial charge in [-0.1, -0.05) is 12.1 Å². The molecule has 1 rings (SSSR count). The quantitative estimate of drug-likeness (QED) is 0.419. The van der Waals surface area contributed by atoms with Crippen molar-refractivity contribution in [3.63, 3.8) is 0 Å². The molecule has 0 aromatic heterocycles. The molecule has 0 fully saturated rings. The zero-order valence-electron chi connectivity index (χ0n) is 6.57. The molecule has 0 heterocycles. The van der Waals surface area contributed by atoms with Gasteiger partial charge in [-0.2, -0.15) is 5.26 Å². The van der Waals surface area contributed by atoms with Crippen LogP contribution in [-0.2, 0) is 0 Å². The van der Waals surface area contributed by atoms with E-state index in [2.05, 4.69) is 0 Å². The number of carbonyl (C=O) groups is 1. The topological polar surface area (TPSA) is 63.9 Å². The van der Waals surface area contributed by atoms with E-state index in [9.17, 15) is 9.90 Å². The third-order valence-electron chi connectivity index (χ3n) is 1.23. The van der Waals surface area contributed by atoms with Gasteiger partial charge in [0, 0.05) is 0 Å². The molecule has 0 aliphatic rings. The molecule has 0 aliphatic carbocycles. The SMILES string of the molecule is N#Cc1cccc(C(=O)[O-])c1.[Na+]. The molecule has 12 heavy (non-hydrogen) atoms. The Morgan fingerprint density at radius 1 is 1.50 bits per heavy atom. The van der Waals surface area contributed by atoms with E-state index in [0.29, 0.717) is 5.56 Å². The Labute approximate surface area is 91.9 Å². The first kappa shape index (κ1) is 11.2. The largest absolute Gasteiger partial charge is 1.00 e. The number of hydrogen-bond acceptors (Lipinski definition) is 3. The minimum atomic E-state index is -1.26. The van der Waals surface area contributed by atoms with Crippen LogP contribution in [0.3, 0.4) is 0 Å². The maximum atomic E-state index is 10.2. The molecule has 3 nitrogen and oxygen atoms in total. The summed E-state index contributed by atoms with van der Waals surface area (Å²) in [4.78, 5) is 10.2. The minimum Gasteiger partial charge on any atom is -0.545 e. The van der Waals surface area contributed by atoms with Gasteiger partial charge >= 0.3 is 29.6 Å². The number of nitriles is 1. The van der Waals surface area contributed by atoms with Crippen molar-refractivity contribution in [2.75, 3.05) is 0 Å². The van der Waals surface area contributed by atoms with E-state index in [1.54, 1.807) is 0 Å². The second-order valence-electron chi connectivity index (χ2n) is 1.98. The smallest absolute Gasteiger partial charge is 0.545 e. The number of aromatic carboxylic acids is 1. The van der Waals surface area contributed by atoms with Crippen LogP contribution in [0.5, 0.6) is 0 Å². The molecule has 0 atom stereocenters. The maximum absolute atomic E-state index is 10.2. The molecule has 0 spiro atoms. The van der Waals surface area contributed by atoms with E-state index in [4.69, 9.17) is 5.26 Å². The summed E-state index contributed by atoms with van der Waals surface area (Å²) in [5.74, 6) is -1.26. The fourth-order valence-electron chi connectivity index (χ4n) is 0.716. The van der Waals surface area contributed by atoms with Gasteiger partial charge in [0.1, 0.15) is 0 Å². The number of carbonyl (C=O) groups excluding carboxylic acids is 1. The van der Waals surface area contributed by atoms with Crippen LogP contribution < -0.4 is 34.7 Å². The second kappa shape index (κ2) is 4.94. The molecular formula is C8H4NNaO2. The van der Waals surface area contributed by atoms with Crippen molar-refractivity contribution in [1.82, 2.24) is 0 Å². The fourth-order valence-corrected chi connectivity index (χ4v) is 0.716. The molecular weight excluding hydrogens is 165 g/mol. The molecule has 0 radical (unpaired) electrons. The third kappa shape index (κ3) is 2.67. The molecule has 4 heteroatoms. The van der Waals surface area contributed by atoms with Crippen molar-refractivity contribution in [3.8, 4) is 6.07 Å². The van der Waals surface area contributed by atoms with E-state index < -0.39 is 5.97 Å². The van der Waals surface area contributed by atoms with Crippen molar-refractivity contribution in [2.45, 2.75) is 0 Å². The Balaban J connectivity index is 0.00000121. The molecule has 1 aromatic carbocycles. The van der Waals surface area contributed by atoms with Crippen LogP contribution in [0.25, 0.3) is 0 Å². The van der Waals surface area contributed by atoms with Crippen molar-refractivity contribution in [2.24, 2.45) is 0 Å². The van der Waals surface area contributed by atoms with Gasteiger partial charge in [0.25, 0.3) is 0 Å². The number of benzene rings is 1. The second-order valence-corrected chi connectivity index (χ2v) is 1.98. The monoisotopic (exact) mass is 169 g/mol. The minimum absolute atomic E-state index is 0. The van der Waals surface area contributed by atoms with Gasteiger partial charge in [0.15, 0.2) is 0 Å². The Kier molecular flexibility index (Phi) is 4.60. The summed E-state index contributed by atoms with van der Waals surface area (Å²) in [6.07, 6.45) is 0. The van der Waals surface area contributed by atoms with E-state index in [1.807, 2.05) is 6.07 Å². The molecule has 54 valence electrons. The van der Waals surface area contributed by atoms with Crippen molar-refractivity contribution in [3.05, 3.63) is 35.4 Å². The fraction of sp³-hybridized carbons (Fsp3) is 0. The molecule has 0 amide bonds. The van der Waals surface area contributed by atoms with Gasteiger partial charge in [-0.3, -0.25) is 0 Å². The summed E-state index contributed by atoms with van der Waals surface area (Å²) in [5.41, 5.74) is 0.357. The Bertz CT molecular complexity index is 330. The van der Waals surface area contributed by atoms with Gasteiger partial charge in [-0.05, 0) is 17.7 Å². The van der Waals surface area contributed by atoms with Crippen LogP contribution >= 0.6 is 0 Å². The maximum Gasteiger partial charge on any atom is 1.00 e. The first-order chi connectivity index (χ1) is 5.24. The number of carboxylic acids is 1. The number of nitrogens with zero attached hydrogens (tertiary/aromatic N) is 1. The third-order valence-corrected chi connectivity index (χ3v) is 1.23. The zero-order valence-corrected chi connectivity index (χ0v) is 8.57. The van der Waals surface area contributed by atoms with Crippen LogP contribution in [0.1, 0.15) is 15.9 Å². The predicted octanol–water partition coefficient (Wildman–Crippen LogP) is -3.07. The van der Waals surface area contributed by atoms with Crippen molar-refractivity contribution in [1.29, 1.82) is 5.26 Å². The number of carboxylic acid groups (broad SMARTS) is 1. The summed E-state index contributed by atoms with van der Waals surface area (Å²) in [6.45, 7) is 0. The van der Waals surface area contributed by atoms with Gasteiger partial charge < -0.3 is 9.90 Å². The molecule has 0 aliphatic heterocycles. The van der Waals surface area contributed by atoms with E-state index in [-0.39, 0.29) is 35.1 Å². The van der Waals surface area contributed by atoms with Crippen molar-refractivity contribution < 1.29 is 39.5 Å².